The molecular weight excluding hydrogens is 292 g/mol. The Labute approximate surface area is 126 Å². The first kappa shape index (κ1) is 16.1. The summed E-state index contributed by atoms with van der Waals surface area (Å²) in [7, 11) is 0. The van der Waals surface area contributed by atoms with Crippen molar-refractivity contribution in [2.75, 3.05) is 0 Å². The van der Waals surface area contributed by atoms with Gasteiger partial charge in [-0.3, -0.25) is 0 Å². The Morgan fingerprint density at radius 1 is 1.23 bits per heavy atom. The summed E-state index contributed by atoms with van der Waals surface area (Å²) >= 11 is 0. The third-order valence-corrected chi connectivity index (χ3v) is 3.35. The van der Waals surface area contributed by atoms with Crippen molar-refractivity contribution >= 4 is 5.97 Å². The predicted molar refractivity (Wildman–Crippen MR) is 76.5 cm³/mol. The first-order valence-corrected chi connectivity index (χ1v) is 7.16. The van der Waals surface area contributed by atoms with Crippen molar-refractivity contribution in [1.82, 2.24) is 15.0 Å². The van der Waals surface area contributed by atoms with Gasteiger partial charge in [-0.25, -0.2) is 18.3 Å². The average Bonchev–Trinajstić information content (AvgIpc) is 2.90. The Balaban J connectivity index is 2.35. The van der Waals surface area contributed by atoms with Crippen LogP contribution in [-0.2, 0) is 6.54 Å². The minimum Gasteiger partial charge on any atom is -0.476 e. The molecule has 0 spiro atoms. The zero-order chi connectivity index (χ0) is 16.1. The number of aryl methyl sites for hydroxylation is 1. The van der Waals surface area contributed by atoms with E-state index in [0.717, 1.165) is 37.8 Å². The molecule has 5 nitrogen and oxygen atoms in total. The smallest absolute Gasteiger partial charge is 0.358 e. The quantitative estimate of drug-likeness (QED) is 0.795. The van der Waals surface area contributed by atoms with Gasteiger partial charge in [-0.05, 0) is 24.6 Å². The van der Waals surface area contributed by atoms with Gasteiger partial charge in [0, 0.05) is 12.1 Å². The molecule has 0 saturated carbocycles. The molecule has 0 aliphatic heterocycles. The third-order valence-electron chi connectivity index (χ3n) is 3.35. The number of carboxylic acids is 1. The van der Waals surface area contributed by atoms with Crippen molar-refractivity contribution in [3.05, 3.63) is 35.5 Å². The maximum absolute atomic E-state index is 13.4. The third kappa shape index (κ3) is 3.47. The molecular formula is C15H17F2N3O2. The SMILES string of the molecule is CCCCCCn1nnc(C(=O)O)c1-c1ccc(F)c(F)c1. The first-order chi connectivity index (χ1) is 10.5. The minimum atomic E-state index is -1.25. The van der Waals surface area contributed by atoms with Crippen LogP contribution in [0.2, 0.25) is 0 Å². The molecule has 2 aromatic rings. The number of unbranched alkanes of at least 4 members (excludes halogenated alkanes) is 3. The van der Waals surface area contributed by atoms with Gasteiger partial charge in [-0.15, -0.1) is 5.10 Å². The van der Waals surface area contributed by atoms with Crippen LogP contribution in [0.25, 0.3) is 11.3 Å². The minimum absolute atomic E-state index is 0.197. The summed E-state index contributed by atoms with van der Waals surface area (Å²) in [6, 6.07) is 3.25. The molecule has 7 heteroatoms. The lowest BCUT2D eigenvalue weighted by Crippen LogP contribution is -2.05. The van der Waals surface area contributed by atoms with Crippen LogP contribution in [0.4, 0.5) is 8.78 Å². The molecule has 0 aliphatic rings. The van der Waals surface area contributed by atoms with Crippen LogP contribution in [0, 0.1) is 11.6 Å². The van der Waals surface area contributed by atoms with E-state index in [0.29, 0.717) is 6.54 Å². The Kier molecular flexibility index (Phi) is 5.19. The van der Waals surface area contributed by atoms with Crippen molar-refractivity contribution in [2.45, 2.75) is 39.2 Å². The fourth-order valence-corrected chi connectivity index (χ4v) is 2.23. The van der Waals surface area contributed by atoms with Crippen LogP contribution >= 0.6 is 0 Å². The summed E-state index contributed by atoms with van der Waals surface area (Å²) in [4.78, 5) is 11.3. The molecule has 0 bridgehead atoms. The molecule has 1 aromatic carbocycles. The highest BCUT2D eigenvalue weighted by atomic mass is 19.2. The molecule has 22 heavy (non-hydrogen) atoms. The van der Waals surface area contributed by atoms with Crippen molar-refractivity contribution in [3.63, 3.8) is 0 Å². The second-order valence-corrected chi connectivity index (χ2v) is 5.00. The summed E-state index contributed by atoms with van der Waals surface area (Å²) in [5.74, 6) is -3.27. The number of hydrogen-bond donors (Lipinski definition) is 1. The fraction of sp³-hybridized carbons (Fsp3) is 0.400. The number of aromatic carboxylic acids is 1. The lowest BCUT2D eigenvalue weighted by molar-refractivity contribution is 0.0691. The lowest BCUT2D eigenvalue weighted by Gasteiger charge is -2.07. The number of aromatic nitrogens is 3. The monoisotopic (exact) mass is 309 g/mol. The lowest BCUT2D eigenvalue weighted by atomic mass is 10.1. The molecule has 0 amide bonds. The van der Waals surface area contributed by atoms with Crippen molar-refractivity contribution < 1.29 is 18.7 Å². The van der Waals surface area contributed by atoms with Crippen molar-refractivity contribution in [3.8, 4) is 11.3 Å². The van der Waals surface area contributed by atoms with Crippen molar-refractivity contribution in [1.29, 1.82) is 0 Å². The van der Waals surface area contributed by atoms with Gasteiger partial charge in [0.2, 0.25) is 0 Å². The number of benzene rings is 1. The van der Waals surface area contributed by atoms with Gasteiger partial charge < -0.3 is 5.11 Å². The molecule has 118 valence electrons. The maximum atomic E-state index is 13.4. The van der Waals surface area contributed by atoms with E-state index in [1.807, 2.05) is 0 Å². The van der Waals surface area contributed by atoms with Gasteiger partial charge in [-0.2, -0.15) is 0 Å². The van der Waals surface area contributed by atoms with Gasteiger partial charge in [0.25, 0.3) is 0 Å². The second kappa shape index (κ2) is 7.11. The normalized spacial score (nSPS) is 10.9. The van der Waals surface area contributed by atoms with Gasteiger partial charge in [0.1, 0.15) is 5.69 Å². The molecule has 1 aromatic heterocycles. The van der Waals surface area contributed by atoms with E-state index < -0.39 is 17.6 Å². The number of carbonyl (C=O) groups is 1. The molecule has 0 unspecified atom stereocenters. The Morgan fingerprint density at radius 3 is 2.64 bits per heavy atom. The maximum Gasteiger partial charge on any atom is 0.358 e. The first-order valence-electron chi connectivity index (χ1n) is 7.16. The Hall–Kier alpha value is -2.31. The summed E-state index contributed by atoms with van der Waals surface area (Å²) < 4.78 is 27.9. The molecule has 0 saturated heterocycles. The number of rotatable bonds is 7. The largest absolute Gasteiger partial charge is 0.476 e. The second-order valence-electron chi connectivity index (χ2n) is 5.00. The van der Waals surface area contributed by atoms with Crippen LogP contribution in [0.5, 0.6) is 0 Å². The summed E-state index contributed by atoms with van der Waals surface area (Å²) in [6.07, 6.45) is 3.94. The number of halogens is 2. The number of nitrogens with zero attached hydrogens (tertiary/aromatic N) is 3. The van der Waals surface area contributed by atoms with E-state index >= 15 is 0 Å². The van der Waals surface area contributed by atoms with E-state index in [-0.39, 0.29) is 17.0 Å². The van der Waals surface area contributed by atoms with E-state index in [2.05, 4.69) is 17.2 Å². The fourth-order valence-electron chi connectivity index (χ4n) is 2.23. The van der Waals surface area contributed by atoms with Crippen LogP contribution in [-0.4, -0.2) is 26.1 Å². The van der Waals surface area contributed by atoms with Crippen molar-refractivity contribution in [2.24, 2.45) is 0 Å². The highest BCUT2D eigenvalue weighted by Crippen LogP contribution is 2.24. The van der Waals surface area contributed by atoms with Gasteiger partial charge in [0.15, 0.2) is 17.3 Å². The van der Waals surface area contributed by atoms with Gasteiger partial charge >= 0.3 is 5.97 Å². The zero-order valence-electron chi connectivity index (χ0n) is 12.2. The number of hydrogen-bond acceptors (Lipinski definition) is 3. The van der Waals surface area contributed by atoms with E-state index in [4.69, 9.17) is 0 Å². The van der Waals surface area contributed by atoms with E-state index in [9.17, 15) is 18.7 Å². The van der Waals surface area contributed by atoms with Gasteiger partial charge in [0.05, 0.1) is 0 Å². The summed E-state index contributed by atoms with van der Waals surface area (Å²) in [6.45, 7) is 2.57. The molecule has 0 atom stereocenters. The van der Waals surface area contributed by atoms with Gasteiger partial charge in [-0.1, -0.05) is 31.4 Å². The Bertz CT molecular complexity index is 671. The molecule has 2 rings (SSSR count). The Morgan fingerprint density at radius 2 is 2.00 bits per heavy atom. The van der Waals surface area contributed by atoms with E-state index in [1.54, 1.807) is 0 Å². The highest BCUT2D eigenvalue weighted by Gasteiger charge is 2.21. The molecule has 1 N–H and O–H groups in total. The summed E-state index contributed by atoms with van der Waals surface area (Å²) in [5, 5.41) is 16.7. The molecule has 0 fully saturated rings. The number of carboxylic acid groups (broad SMARTS) is 1. The zero-order valence-corrected chi connectivity index (χ0v) is 12.2. The average molecular weight is 309 g/mol. The topological polar surface area (TPSA) is 68.0 Å². The highest BCUT2D eigenvalue weighted by molar-refractivity contribution is 5.92. The standard InChI is InChI=1S/C15H17F2N3O2/c1-2-3-4-5-8-20-14(13(15(21)22)18-19-20)10-6-7-11(16)12(17)9-10/h6-7,9H,2-5,8H2,1H3,(H,21,22). The molecule has 0 aliphatic carbocycles. The van der Waals surface area contributed by atoms with Crippen LogP contribution in [0.1, 0.15) is 43.1 Å². The van der Waals surface area contributed by atoms with Crippen LogP contribution in [0.3, 0.4) is 0 Å². The molecule has 0 radical (unpaired) electrons. The van der Waals surface area contributed by atoms with Crippen LogP contribution < -0.4 is 0 Å². The molecule has 1 heterocycles. The van der Waals surface area contributed by atoms with E-state index in [1.165, 1.54) is 10.7 Å². The van der Waals surface area contributed by atoms with Crippen LogP contribution in [0.15, 0.2) is 18.2 Å². The summed E-state index contributed by atoms with van der Waals surface area (Å²) in [5.41, 5.74) is 0.182. The predicted octanol–water partition coefficient (Wildman–Crippen LogP) is 3.50.